The second kappa shape index (κ2) is 4.56. The molecule has 1 heterocycles. The fraction of sp³-hybridized carbons (Fsp3) is 0.364. The number of hydrogen-bond donors (Lipinski definition) is 0. The molecule has 1 aliphatic rings. The summed E-state index contributed by atoms with van der Waals surface area (Å²) < 4.78 is 10.8. The maximum Gasteiger partial charge on any atom is 0.151 e. The first-order valence-corrected chi connectivity index (χ1v) is 5.89. The van der Waals surface area contributed by atoms with Crippen LogP contribution < -0.4 is 4.74 Å². The zero-order valence-electron chi connectivity index (χ0n) is 8.40. The quantitative estimate of drug-likeness (QED) is 0.733. The predicted octanol–water partition coefficient (Wildman–Crippen LogP) is 2.06. The van der Waals surface area contributed by atoms with E-state index in [4.69, 9.17) is 14.7 Å². The maximum absolute atomic E-state index is 8.97. The summed E-state index contributed by atoms with van der Waals surface area (Å²) in [4.78, 5) is 1.00. The van der Waals surface area contributed by atoms with Gasteiger partial charge in [-0.1, -0.05) is 6.07 Å². The van der Waals surface area contributed by atoms with Gasteiger partial charge in [-0.25, -0.2) is 0 Å². The highest BCUT2D eigenvalue weighted by atomic mass is 32.2. The molecule has 1 fully saturated rings. The van der Waals surface area contributed by atoms with Gasteiger partial charge in [0.25, 0.3) is 0 Å². The molecule has 0 atom stereocenters. The minimum absolute atomic E-state index is 0.102. The van der Waals surface area contributed by atoms with Crippen LogP contribution >= 0.6 is 11.8 Å². The van der Waals surface area contributed by atoms with E-state index in [0.717, 1.165) is 4.90 Å². The zero-order chi connectivity index (χ0) is 10.7. The van der Waals surface area contributed by atoms with Crippen LogP contribution in [0.4, 0.5) is 0 Å². The van der Waals surface area contributed by atoms with E-state index in [2.05, 4.69) is 6.07 Å². The SMILES string of the molecule is CSc1cccc(C#N)c1OC1COC1. The van der Waals surface area contributed by atoms with E-state index in [1.165, 1.54) is 0 Å². The molecule has 0 amide bonds. The van der Waals surface area contributed by atoms with Gasteiger partial charge < -0.3 is 9.47 Å². The summed E-state index contributed by atoms with van der Waals surface area (Å²) in [7, 11) is 0. The number of benzene rings is 1. The van der Waals surface area contributed by atoms with E-state index in [-0.39, 0.29) is 6.10 Å². The first kappa shape index (κ1) is 10.3. The van der Waals surface area contributed by atoms with E-state index in [1.54, 1.807) is 17.8 Å². The average Bonchev–Trinajstić information content (AvgIpc) is 2.23. The standard InChI is InChI=1S/C11H11NO2S/c1-15-10-4-2-3-8(5-12)11(10)14-9-6-13-7-9/h2-4,9H,6-7H2,1H3. The molecule has 3 nitrogen and oxygen atoms in total. The van der Waals surface area contributed by atoms with Crippen molar-refractivity contribution >= 4 is 11.8 Å². The summed E-state index contributed by atoms with van der Waals surface area (Å²) in [6, 6.07) is 7.75. The molecule has 0 aromatic heterocycles. The Morgan fingerprint density at radius 1 is 1.53 bits per heavy atom. The van der Waals surface area contributed by atoms with E-state index in [9.17, 15) is 0 Å². The van der Waals surface area contributed by atoms with Crippen LogP contribution in [0.3, 0.4) is 0 Å². The Labute approximate surface area is 93.0 Å². The summed E-state index contributed by atoms with van der Waals surface area (Å²) in [5.41, 5.74) is 0.591. The fourth-order valence-corrected chi connectivity index (χ4v) is 1.89. The van der Waals surface area contributed by atoms with Gasteiger partial charge in [0.1, 0.15) is 12.2 Å². The zero-order valence-corrected chi connectivity index (χ0v) is 9.21. The van der Waals surface area contributed by atoms with Crippen molar-refractivity contribution in [3.8, 4) is 11.8 Å². The van der Waals surface area contributed by atoms with Gasteiger partial charge in [0.15, 0.2) is 5.75 Å². The van der Waals surface area contributed by atoms with Crippen LogP contribution in [0.15, 0.2) is 23.1 Å². The number of para-hydroxylation sites is 1. The lowest BCUT2D eigenvalue weighted by atomic mass is 10.2. The minimum Gasteiger partial charge on any atom is -0.483 e. The topological polar surface area (TPSA) is 42.2 Å². The number of rotatable bonds is 3. The molecule has 2 rings (SSSR count). The number of ether oxygens (including phenoxy) is 2. The number of nitriles is 1. The molecular weight excluding hydrogens is 210 g/mol. The summed E-state index contributed by atoms with van der Waals surface area (Å²) in [6.45, 7) is 1.24. The minimum atomic E-state index is 0.102. The van der Waals surface area contributed by atoms with Crippen LogP contribution in [0, 0.1) is 11.3 Å². The third-order valence-corrected chi connectivity index (χ3v) is 2.97. The highest BCUT2D eigenvalue weighted by Gasteiger charge is 2.22. The molecule has 78 valence electrons. The molecule has 1 saturated heterocycles. The van der Waals surface area contributed by atoms with E-state index >= 15 is 0 Å². The van der Waals surface area contributed by atoms with Gasteiger partial charge >= 0.3 is 0 Å². The molecule has 1 aromatic rings. The smallest absolute Gasteiger partial charge is 0.151 e. The van der Waals surface area contributed by atoms with Gasteiger partial charge in [-0.2, -0.15) is 5.26 Å². The second-order valence-corrected chi connectivity index (χ2v) is 4.07. The Kier molecular flexibility index (Phi) is 3.14. The first-order valence-electron chi connectivity index (χ1n) is 4.66. The van der Waals surface area contributed by atoms with Crippen LogP contribution in [-0.4, -0.2) is 25.6 Å². The van der Waals surface area contributed by atoms with Crippen LogP contribution in [0.1, 0.15) is 5.56 Å². The van der Waals surface area contributed by atoms with E-state index in [1.807, 2.05) is 18.4 Å². The molecule has 0 spiro atoms. The summed E-state index contributed by atoms with van der Waals surface area (Å²) in [5, 5.41) is 8.97. The van der Waals surface area contributed by atoms with Crippen molar-refractivity contribution in [3.63, 3.8) is 0 Å². The van der Waals surface area contributed by atoms with Crippen molar-refractivity contribution in [2.75, 3.05) is 19.5 Å². The second-order valence-electron chi connectivity index (χ2n) is 3.23. The Hall–Kier alpha value is -1.18. The summed E-state index contributed by atoms with van der Waals surface area (Å²) >= 11 is 1.58. The lowest BCUT2D eigenvalue weighted by molar-refractivity contribution is -0.0807. The Balaban J connectivity index is 2.28. The Morgan fingerprint density at radius 3 is 2.87 bits per heavy atom. The van der Waals surface area contributed by atoms with Crippen molar-refractivity contribution in [2.24, 2.45) is 0 Å². The molecule has 15 heavy (non-hydrogen) atoms. The van der Waals surface area contributed by atoms with Gasteiger partial charge in [-0.15, -0.1) is 11.8 Å². The molecule has 0 bridgehead atoms. The van der Waals surface area contributed by atoms with Crippen LogP contribution in [0.5, 0.6) is 5.75 Å². The van der Waals surface area contributed by atoms with Gasteiger partial charge in [-0.05, 0) is 18.4 Å². The highest BCUT2D eigenvalue weighted by molar-refractivity contribution is 7.98. The number of nitrogens with zero attached hydrogens (tertiary/aromatic N) is 1. The molecule has 4 heteroatoms. The molecule has 0 saturated carbocycles. The molecular formula is C11H11NO2S. The monoisotopic (exact) mass is 221 g/mol. The molecule has 1 aliphatic heterocycles. The molecule has 0 radical (unpaired) electrons. The Morgan fingerprint density at radius 2 is 2.33 bits per heavy atom. The van der Waals surface area contributed by atoms with Crippen molar-refractivity contribution in [2.45, 2.75) is 11.0 Å². The van der Waals surface area contributed by atoms with Gasteiger partial charge in [0, 0.05) is 0 Å². The number of hydrogen-bond acceptors (Lipinski definition) is 4. The third kappa shape index (κ3) is 2.09. The summed E-state index contributed by atoms with van der Waals surface area (Å²) in [6.07, 6.45) is 2.08. The van der Waals surface area contributed by atoms with Crippen LogP contribution in [-0.2, 0) is 4.74 Å². The van der Waals surface area contributed by atoms with Crippen LogP contribution in [0.2, 0.25) is 0 Å². The predicted molar refractivity (Wildman–Crippen MR) is 58.2 cm³/mol. The molecule has 0 N–H and O–H groups in total. The lowest BCUT2D eigenvalue weighted by Gasteiger charge is -2.27. The van der Waals surface area contributed by atoms with Gasteiger partial charge in [0.05, 0.1) is 23.7 Å². The van der Waals surface area contributed by atoms with Crippen molar-refractivity contribution in [1.82, 2.24) is 0 Å². The third-order valence-electron chi connectivity index (χ3n) is 2.21. The first-order chi connectivity index (χ1) is 7.35. The normalized spacial score (nSPS) is 15.5. The number of thioether (sulfide) groups is 1. The maximum atomic E-state index is 8.97. The highest BCUT2D eigenvalue weighted by Crippen LogP contribution is 2.32. The molecule has 1 aromatic carbocycles. The molecule has 0 unspecified atom stereocenters. The van der Waals surface area contributed by atoms with Gasteiger partial charge in [0.2, 0.25) is 0 Å². The Bertz CT molecular complexity index is 396. The van der Waals surface area contributed by atoms with Crippen molar-refractivity contribution in [1.29, 1.82) is 5.26 Å². The van der Waals surface area contributed by atoms with E-state index < -0.39 is 0 Å². The lowest BCUT2D eigenvalue weighted by Crippen LogP contribution is -2.38. The van der Waals surface area contributed by atoms with E-state index in [0.29, 0.717) is 24.5 Å². The van der Waals surface area contributed by atoms with Crippen LogP contribution in [0.25, 0.3) is 0 Å². The summed E-state index contributed by atoms with van der Waals surface area (Å²) in [5.74, 6) is 0.695. The van der Waals surface area contributed by atoms with Crippen molar-refractivity contribution in [3.05, 3.63) is 23.8 Å². The van der Waals surface area contributed by atoms with Gasteiger partial charge in [-0.3, -0.25) is 0 Å². The average molecular weight is 221 g/mol. The fourth-order valence-electron chi connectivity index (χ4n) is 1.33. The molecule has 0 aliphatic carbocycles. The largest absolute Gasteiger partial charge is 0.483 e. The van der Waals surface area contributed by atoms with Crippen molar-refractivity contribution < 1.29 is 9.47 Å².